The van der Waals surface area contributed by atoms with Gasteiger partial charge in [0.25, 0.3) is 0 Å². The van der Waals surface area contributed by atoms with Crippen LogP contribution in [-0.4, -0.2) is 35.1 Å². The highest BCUT2D eigenvalue weighted by Gasteiger charge is 2.24. The predicted octanol–water partition coefficient (Wildman–Crippen LogP) is 4.05. The summed E-state index contributed by atoms with van der Waals surface area (Å²) in [5.41, 5.74) is 0.568. The van der Waals surface area contributed by atoms with Crippen molar-refractivity contribution in [3.05, 3.63) is 0 Å². The van der Waals surface area contributed by atoms with E-state index in [1.807, 2.05) is 0 Å². The minimum atomic E-state index is 0.230. The van der Waals surface area contributed by atoms with Gasteiger partial charge in [-0.3, -0.25) is 4.90 Å². The summed E-state index contributed by atoms with van der Waals surface area (Å²) in [4.78, 5) is 2.56. The van der Waals surface area contributed by atoms with Gasteiger partial charge in [-0.15, -0.1) is 0 Å². The van der Waals surface area contributed by atoms with Crippen molar-refractivity contribution in [2.24, 2.45) is 0 Å². The second-order valence-corrected chi connectivity index (χ2v) is 7.17. The molecule has 2 nitrogen and oxygen atoms in total. The molecule has 1 unspecified atom stereocenters. The first-order valence-corrected chi connectivity index (χ1v) is 7.65. The van der Waals surface area contributed by atoms with Crippen LogP contribution in [0.5, 0.6) is 0 Å². The molecule has 2 heteroatoms. The smallest absolute Gasteiger partial charge is 0.0153 e. The lowest BCUT2D eigenvalue weighted by Gasteiger charge is -2.38. The van der Waals surface area contributed by atoms with E-state index in [1.54, 1.807) is 0 Å². The Morgan fingerprint density at radius 3 is 1.89 bits per heavy atom. The first-order chi connectivity index (χ1) is 8.12. The van der Waals surface area contributed by atoms with Gasteiger partial charge in [-0.05, 0) is 67.5 Å². The van der Waals surface area contributed by atoms with Crippen LogP contribution in [0.1, 0.15) is 74.7 Å². The van der Waals surface area contributed by atoms with Crippen molar-refractivity contribution in [2.75, 3.05) is 13.1 Å². The Labute approximate surface area is 116 Å². The van der Waals surface area contributed by atoms with E-state index in [2.05, 4.69) is 65.6 Å². The average molecular weight is 256 g/mol. The van der Waals surface area contributed by atoms with Gasteiger partial charge in [-0.1, -0.05) is 20.3 Å². The van der Waals surface area contributed by atoms with Gasteiger partial charge in [-0.2, -0.15) is 0 Å². The normalized spacial score (nSPS) is 15.2. The van der Waals surface area contributed by atoms with Crippen LogP contribution in [0, 0.1) is 0 Å². The minimum Gasteiger partial charge on any atom is -0.310 e. The zero-order valence-electron chi connectivity index (χ0n) is 14.1. The first kappa shape index (κ1) is 17.9. The molecule has 0 aromatic carbocycles. The van der Waals surface area contributed by atoms with Crippen molar-refractivity contribution in [3.8, 4) is 0 Å². The third-order valence-electron chi connectivity index (χ3n) is 3.72. The second kappa shape index (κ2) is 7.49. The van der Waals surface area contributed by atoms with Gasteiger partial charge >= 0.3 is 0 Å². The molecule has 0 spiro atoms. The number of hydrogen-bond acceptors (Lipinski definition) is 2. The Balaban J connectivity index is 4.03. The van der Waals surface area contributed by atoms with E-state index in [0.717, 1.165) is 13.1 Å². The Bertz CT molecular complexity index is 212. The molecule has 0 aliphatic carbocycles. The van der Waals surface area contributed by atoms with E-state index < -0.39 is 0 Å². The summed E-state index contributed by atoms with van der Waals surface area (Å²) >= 11 is 0. The molecule has 0 aromatic heterocycles. The summed E-state index contributed by atoms with van der Waals surface area (Å²) in [6.45, 7) is 20.6. The molecule has 0 heterocycles. The molecule has 1 N–H and O–H groups in total. The van der Waals surface area contributed by atoms with Crippen LogP contribution < -0.4 is 5.32 Å². The largest absolute Gasteiger partial charge is 0.310 e. The van der Waals surface area contributed by atoms with Crippen molar-refractivity contribution in [1.29, 1.82) is 0 Å². The van der Waals surface area contributed by atoms with Crippen LogP contribution in [0.4, 0.5) is 0 Å². The summed E-state index contributed by atoms with van der Waals surface area (Å²) in [6, 6.07) is 0.609. The zero-order chi connectivity index (χ0) is 14.4. The van der Waals surface area contributed by atoms with Crippen molar-refractivity contribution < 1.29 is 0 Å². The fourth-order valence-electron chi connectivity index (χ4n) is 2.89. The van der Waals surface area contributed by atoms with Gasteiger partial charge in [0.05, 0.1) is 0 Å². The molecule has 0 radical (unpaired) electrons. The van der Waals surface area contributed by atoms with E-state index in [1.165, 1.54) is 19.3 Å². The fraction of sp³-hybridized carbons (Fsp3) is 1.00. The quantitative estimate of drug-likeness (QED) is 0.705. The van der Waals surface area contributed by atoms with Gasteiger partial charge in [0, 0.05) is 17.1 Å². The molecule has 0 saturated carbocycles. The van der Waals surface area contributed by atoms with Crippen molar-refractivity contribution >= 4 is 0 Å². The maximum Gasteiger partial charge on any atom is 0.0153 e. The molecule has 0 aliphatic rings. The highest BCUT2D eigenvalue weighted by atomic mass is 15.2. The highest BCUT2D eigenvalue weighted by molar-refractivity contribution is 4.81. The van der Waals surface area contributed by atoms with Gasteiger partial charge in [0.15, 0.2) is 0 Å². The van der Waals surface area contributed by atoms with Gasteiger partial charge in [0.1, 0.15) is 0 Å². The number of nitrogens with zero attached hydrogens (tertiary/aromatic N) is 1. The van der Waals surface area contributed by atoms with E-state index in [4.69, 9.17) is 0 Å². The lowest BCUT2D eigenvalue weighted by atomic mass is 9.93. The van der Waals surface area contributed by atoms with Crippen LogP contribution in [0.15, 0.2) is 0 Å². The highest BCUT2D eigenvalue weighted by Crippen LogP contribution is 2.21. The Morgan fingerprint density at radius 2 is 1.50 bits per heavy atom. The lowest BCUT2D eigenvalue weighted by molar-refractivity contribution is 0.121. The van der Waals surface area contributed by atoms with Crippen LogP contribution >= 0.6 is 0 Å². The molecule has 0 aromatic rings. The number of rotatable bonds is 8. The maximum absolute atomic E-state index is 3.65. The summed E-state index contributed by atoms with van der Waals surface area (Å²) in [5.74, 6) is 0. The molecule has 18 heavy (non-hydrogen) atoms. The monoisotopic (exact) mass is 256 g/mol. The molecule has 0 rings (SSSR count). The van der Waals surface area contributed by atoms with Crippen molar-refractivity contribution in [1.82, 2.24) is 10.2 Å². The van der Waals surface area contributed by atoms with Gasteiger partial charge < -0.3 is 5.32 Å². The van der Waals surface area contributed by atoms with E-state index in [9.17, 15) is 0 Å². The van der Waals surface area contributed by atoms with E-state index in [0.29, 0.717) is 11.6 Å². The SMILES string of the molecule is CCN(CC)C(C)(C)CCCC(C)NC(C)(C)C. The fourth-order valence-corrected chi connectivity index (χ4v) is 2.89. The van der Waals surface area contributed by atoms with Gasteiger partial charge in [-0.25, -0.2) is 0 Å². The van der Waals surface area contributed by atoms with Crippen molar-refractivity contribution in [3.63, 3.8) is 0 Å². The third kappa shape index (κ3) is 7.38. The maximum atomic E-state index is 3.65. The second-order valence-electron chi connectivity index (χ2n) is 7.17. The Hall–Kier alpha value is -0.0800. The topological polar surface area (TPSA) is 15.3 Å². The summed E-state index contributed by atoms with van der Waals surface area (Å²) < 4.78 is 0. The minimum absolute atomic E-state index is 0.230. The van der Waals surface area contributed by atoms with Gasteiger partial charge in [0.2, 0.25) is 0 Å². The molecule has 110 valence electrons. The molecule has 0 saturated heterocycles. The Morgan fingerprint density at radius 1 is 1.00 bits per heavy atom. The standard InChI is InChI=1S/C16H36N2/c1-9-18(10-2)16(7,8)13-11-12-14(3)17-15(4,5)6/h14,17H,9-13H2,1-8H3. The molecular weight excluding hydrogens is 220 g/mol. The first-order valence-electron chi connectivity index (χ1n) is 7.65. The summed E-state index contributed by atoms with van der Waals surface area (Å²) in [6.07, 6.45) is 3.85. The molecule has 0 aliphatic heterocycles. The molecule has 0 fully saturated rings. The van der Waals surface area contributed by atoms with E-state index >= 15 is 0 Å². The molecule has 0 bridgehead atoms. The van der Waals surface area contributed by atoms with Crippen LogP contribution in [0.2, 0.25) is 0 Å². The lowest BCUT2D eigenvalue weighted by Crippen LogP contribution is -2.44. The zero-order valence-corrected chi connectivity index (χ0v) is 14.1. The molecule has 1 atom stereocenters. The summed E-state index contributed by atoms with van der Waals surface area (Å²) in [7, 11) is 0. The Kier molecular flexibility index (Phi) is 7.46. The van der Waals surface area contributed by atoms with Crippen LogP contribution in [-0.2, 0) is 0 Å². The molecular formula is C16H36N2. The van der Waals surface area contributed by atoms with Crippen LogP contribution in [0.3, 0.4) is 0 Å². The average Bonchev–Trinajstić information content (AvgIpc) is 2.15. The predicted molar refractivity (Wildman–Crippen MR) is 83.2 cm³/mol. The van der Waals surface area contributed by atoms with Crippen LogP contribution in [0.25, 0.3) is 0 Å². The van der Waals surface area contributed by atoms with E-state index in [-0.39, 0.29) is 5.54 Å². The number of nitrogens with one attached hydrogen (secondary N) is 1. The van der Waals surface area contributed by atoms with Crippen molar-refractivity contribution in [2.45, 2.75) is 91.8 Å². The number of hydrogen-bond donors (Lipinski definition) is 1. The molecule has 0 amide bonds. The third-order valence-corrected chi connectivity index (χ3v) is 3.72. The summed E-state index contributed by atoms with van der Waals surface area (Å²) in [5, 5.41) is 3.65.